The quantitative estimate of drug-likeness (QED) is 0.338. The SMILES string of the molecule is C=CCOC(=O)c1cccc([N+](=O)[O-])c1OC. The standard InChI is InChI=1S/C11H11NO5/c1-3-7-17-11(13)8-5-4-6-9(12(14)15)10(8)16-2/h3-6H,1,7H2,2H3. The monoisotopic (exact) mass is 237 g/mol. The van der Waals surface area contributed by atoms with Crippen molar-refractivity contribution in [2.75, 3.05) is 13.7 Å². The van der Waals surface area contributed by atoms with E-state index in [1.54, 1.807) is 0 Å². The fraction of sp³-hybridized carbons (Fsp3) is 0.182. The molecule has 0 unspecified atom stereocenters. The number of nitrogens with zero attached hydrogens (tertiary/aromatic N) is 1. The van der Waals surface area contributed by atoms with Crippen LogP contribution in [0, 0.1) is 10.1 Å². The van der Waals surface area contributed by atoms with Crippen molar-refractivity contribution in [1.82, 2.24) is 0 Å². The first-order chi connectivity index (χ1) is 8.11. The van der Waals surface area contributed by atoms with Gasteiger partial charge in [-0.15, -0.1) is 0 Å². The lowest BCUT2D eigenvalue weighted by Gasteiger charge is -2.07. The zero-order chi connectivity index (χ0) is 12.8. The molecule has 6 heteroatoms. The maximum atomic E-state index is 11.6. The highest BCUT2D eigenvalue weighted by Gasteiger charge is 2.23. The molecular formula is C11H11NO5. The first-order valence-electron chi connectivity index (χ1n) is 4.71. The topological polar surface area (TPSA) is 78.7 Å². The van der Waals surface area contributed by atoms with Gasteiger partial charge in [0.05, 0.1) is 12.0 Å². The van der Waals surface area contributed by atoms with Crippen LogP contribution in [-0.4, -0.2) is 24.6 Å². The zero-order valence-electron chi connectivity index (χ0n) is 9.21. The highest BCUT2D eigenvalue weighted by Crippen LogP contribution is 2.30. The van der Waals surface area contributed by atoms with Gasteiger partial charge >= 0.3 is 11.7 Å². The minimum Gasteiger partial charge on any atom is -0.490 e. The lowest BCUT2D eigenvalue weighted by molar-refractivity contribution is -0.385. The Hall–Kier alpha value is -2.37. The van der Waals surface area contributed by atoms with Gasteiger partial charge in [-0.25, -0.2) is 4.79 Å². The van der Waals surface area contributed by atoms with E-state index >= 15 is 0 Å². The maximum absolute atomic E-state index is 11.6. The van der Waals surface area contributed by atoms with E-state index in [9.17, 15) is 14.9 Å². The van der Waals surface area contributed by atoms with Crippen LogP contribution in [0.25, 0.3) is 0 Å². The number of benzene rings is 1. The summed E-state index contributed by atoms with van der Waals surface area (Å²) in [4.78, 5) is 21.7. The van der Waals surface area contributed by atoms with Gasteiger partial charge in [-0.05, 0) is 6.07 Å². The molecule has 0 amide bonds. The fourth-order valence-electron chi connectivity index (χ4n) is 1.26. The maximum Gasteiger partial charge on any atom is 0.342 e. The Morgan fingerprint density at radius 3 is 2.82 bits per heavy atom. The molecular weight excluding hydrogens is 226 g/mol. The largest absolute Gasteiger partial charge is 0.490 e. The predicted octanol–water partition coefficient (Wildman–Crippen LogP) is 1.95. The number of rotatable bonds is 5. The molecule has 0 saturated carbocycles. The van der Waals surface area contributed by atoms with E-state index in [0.29, 0.717) is 0 Å². The lowest BCUT2D eigenvalue weighted by atomic mass is 10.1. The van der Waals surface area contributed by atoms with Gasteiger partial charge in [0.25, 0.3) is 0 Å². The Morgan fingerprint density at radius 1 is 1.59 bits per heavy atom. The molecule has 0 bridgehead atoms. The number of carbonyl (C=O) groups is 1. The minimum absolute atomic E-state index is 0.0172. The summed E-state index contributed by atoms with van der Waals surface area (Å²) in [5.74, 6) is -0.794. The third-order valence-corrected chi connectivity index (χ3v) is 1.95. The Balaban J connectivity index is 3.15. The number of methoxy groups -OCH3 is 1. The van der Waals surface area contributed by atoms with Crippen molar-refractivity contribution in [1.29, 1.82) is 0 Å². The van der Waals surface area contributed by atoms with E-state index in [2.05, 4.69) is 6.58 Å². The molecule has 1 aromatic carbocycles. The summed E-state index contributed by atoms with van der Waals surface area (Å²) in [5, 5.41) is 10.7. The van der Waals surface area contributed by atoms with Gasteiger partial charge in [0.1, 0.15) is 12.2 Å². The molecule has 0 aliphatic carbocycles. The molecule has 0 atom stereocenters. The van der Waals surface area contributed by atoms with E-state index < -0.39 is 10.9 Å². The molecule has 0 N–H and O–H groups in total. The predicted molar refractivity (Wildman–Crippen MR) is 60.1 cm³/mol. The van der Waals surface area contributed by atoms with Crippen LogP contribution in [0.2, 0.25) is 0 Å². The molecule has 90 valence electrons. The molecule has 1 rings (SSSR count). The van der Waals surface area contributed by atoms with E-state index in [4.69, 9.17) is 9.47 Å². The summed E-state index contributed by atoms with van der Waals surface area (Å²) in [7, 11) is 1.26. The van der Waals surface area contributed by atoms with Crippen LogP contribution in [0.3, 0.4) is 0 Å². The second-order valence-corrected chi connectivity index (χ2v) is 3.00. The van der Waals surface area contributed by atoms with E-state index in [-0.39, 0.29) is 23.6 Å². The van der Waals surface area contributed by atoms with Crippen LogP contribution in [0.15, 0.2) is 30.9 Å². The highest BCUT2D eigenvalue weighted by atomic mass is 16.6. The molecule has 1 aromatic rings. The van der Waals surface area contributed by atoms with Crippen molar-refractivity contribution in [2.24, 2.45) is 0 Å². The van der Waals surface area contributed by atoms with Crippen LogP contribution in [-0.2, 0) is 4.74 Å². The van der Waals surface area contributed by atoms with Crippen LogP contribution in [0.5, 0.6) is 5.75 Å². The Morgan fingerprint density at radius 2 is 2.29 bits per heavy atom. The fourth-order valence-corrected chi connectivity index (χ4v) is 1.26. The van der Waals surface area contributed by atoms with Crippen LogP contribution in [0.4, 0.5) is 5.69 Å². The number of hydrogen-bond donors (Lipinski definition) is 0. The molecule has 0 spiro atoms. The van der Waals surface area contributed by atoms with Crippen molar-refractivity contribution in [3.63, 3.8) is 0 Å². The Kier molecular flexibility index (Phi) is 4.21. The number of nitro benzene ring substituents is 1. The molecule has 0 aromatic heterocycles. The average Bonchev–Trinajstić information content (AvgIpc) is 2.34. The summed E-state index contributed by atoms with van der Waals surface area (Å²) in [5.41, 5.74) is -0.260. The van der Waals surface area contributed by atoms with Crippen molar-refractivity contribution in [3.8, 4) is 5.75 Å². The van der Waals surface area contributed by atoms with Gasteiger partial charge in [-0.1, -0.05) is 18.7 Å². The lowest BCUT2D eigenvalue weighted by Crippen LogP contribution is -2.08. The first kappa shape index (κ1) is 12.7. The summed E-state index contributed by atoms with van der Waals surface area (Å²) >= 11 is 0. The first-order valence-corrected chi connectivity index (χ1v) is 4.71. The van der Waals surface area contributed by atoms with Crippen molar-refractivity contribution in [2.45, 2.75) is 0 Å². The third-order valence-electron chi connectivity index (χ3n) is 1.95. The number of para-hydroxylation sites is 1. The molecule has 0 aliphatic heterocycles. The molecule has 0 aliphatic rings. The van der Waals surface area contributed by atoms with E-state index in [1.165, 1.54) is 31.4 Å². The Labute approximate surface area is 97.6 Å². The minimum atomic E-state index is -0.689. The van der Waals surface area contributed by atoms with E-state index in [1.807, 2.05) is 0 Å². The number of nitro groups is 1. The molecule has 6 nitrogen and oxygen atoms in total. The highest BCUT2D eigenvalue weighted by molar-refractivity contribution is 5.94. The molecule has 0 radical (unpaired) electrons. The summed E-state index contributed by atoms with van der Waals surface area (Å²) in [6.07, 6.45) is 1.40. The third kappa shape index (κ3) is 2.81. The van der Waals surface area contributed by atoms with Crippen molar-refractivity contribution in [3.05, 3.63) is 46.5 Å². The van der Waals surface area contributed by atoms with Gasteiger partial charge < -0.3 is 9.47 Å². The van der Waals surface area contributed by atoms with Gasteiger partial charge in [0.15, 0.2) is 0 Å². The number of hydrogen-bond acceptors (Lipinski definition) is 5. The van der Waals surface area contributed by atoms with Crippen LogP contribution < -0.4 is 4.74 Å². The number of ether oxygens (including phenoxy) is 2. The number of esters is 1. The number of carbonyl (C=O) groups excluding carboxylic acids is 1. The zero-order valence-corrected chi connectivity index (χ0v) is 9.21. The summed E-state index contributed by atoms with van der Waals surface area (Å²) in [6, 6.07) is 4.05. The molecule has 0 saturated heterocycles. The second kappa shape index (κ2) is 5.64. The van der Waals surface area contributed by atoms with Crippen molar-refractivity contribution >= 4 is 11.7 Å². The average molecular weight is 237 g/mol. The van der Waals surface area contributed by atoms with Crippen LogP contribution in [0.1, 0.15) is 10.4 Å². The molecule has 0 fully saturated rings. The van der Waals surface area contributed by atoms with Gasteiger partial charge in [-0.2, -0.15) is 0 Å². The summed E-state index contributed by atoms with van der Waals surface area (Å²) < 4.78 is 9.67. The second-order valence-electron chi connectivity index (χ2n) is 3.00. The molecule has 17 heavy (non-hydrogen) atoms. The normalized spacial score (nSPS) is 9.47. The van der Waals surface area contributed by atoms with Crippen LogP contribution >= 0.6 is 0 Å². The van der Waals surface area contributed by atoms with Gasteiger partial charge in [-0.3, -0.25) is 10.1 Å². The van der Waals surface area contributed by atoms with Gasteiger partial charge in [0, 0.05) is 6.07 Å². The molecule has 0 heterocycles. The smallest absolute Gasteiger partial charge is 0.342 e. The van der Waals surface area contributed by atoms with Crippen molar-refractivity contribution < 1.29 is 19.2 Å². The summed E-state index contributed by atoms with van der Waals surface area (Å²) in [6.45, 7) is 3.43. The van der Waals surface area contributed by atoms with Gasteiger partial charge in [0.2, 0.25) is 5.75 Å². The van der Waals surface area contributed by atoms with E-state index in [0.717, 1.165) is 0 Å². The Bertz CT molecular complexity index is 455.